The van der Waals surface area contributed by atoms with Gasteiger partial charge in [0.2, 0.25) is 0 Å². The van der Waals surface area contributed by atoms with Gasteiger partial charge in [0.15, 0.2) is 6.10 Å². The molecular weight excluding hydrogens is 510 g/mol. The lowest BCUT2D eigenvalue weighted by Crippen LogP contribution is -2.46. The Morgan fingerprint density at radius 2 is 1.84 bits per heavy atom. The van der Waals surface area contributed by atoms with Gasteiger partial charge in [-0.1, -0.05) is 11.6 Å². The van der Waals surface area contributed by atoms with Crippen LogP contribution in [0.2, 0.25) is 5.02 Å². The monoisotopic (exact) mass is 535 g/mol. The lowest BCUT2D eigenvalue weighted by molar-refractivity contribution is -0.140. The van der Waals surface area contributed by atoms with Gasteiger partial charge in [-0.2, -0.15) is 13.2 Å². The van der Waals surface area contributed by atoms with Crippen LogP contribution < -0.4 is 15.4 Å². The van der Waals surface area contributed by atoms with Crippen LogP contribution in [-0.4, -0.2) is 29.6 Å². The molecule has 1 fully saturated rings. The number of anilines is 1. The van der Waals surface area contributed by atoms with Gasteiger partial charge in [-0.25, -0.2) is 9.37 Å². The molecule has 1 aliphatic heterocycles. The fourth-order valence-corrected chi connectivity index (χ4v) is 5.26. The highest BCUT2D eigenvalue weighted by Gasteiger charge is 2.34. The average molecular weight is 536 g/mol. The van der Waals surface area contributed by atoms with E-state index in [2.05, 4.69) is 15.6 Å². The number of carbonyl (C=O) groups is 1. The van der Waals surface area contributed by atoms with Crippen molar-refractivity contribution in [3.8, 4) is 5.75 Å². The summed E-state index contributed by atoms with van der Waals surface area (Å²) in [7, 11) is 0. The molecule has 1 atom stereocenters. The van der Waals surface area contributed by atoms with Gasteiger partial charge in [0.25, 0.3) is 5.91 Å². The lowest BCUT2D eigenvalue weighted by atomic mass is 9.85. The third-order valence-electron chi connectivity index (χ3n) is 7.10. The maximum Gasteiger partial charge on any atom is 0.433 e. The summed E-state index contributed by atoms with van der Waals surface area (Å²) in [6.45, 7) is 0.503. The topological polar surface area (TPSA) is 63.2 Å². The normalized spacial score (nSPS) is 21.7. The largest absolute Gasteiger partial charge is 0.480 e. The van der Waals surface area contributed by atoms with Crippen molar-refractivity contribution < 1.29 is 27.1 Å². The van der Waals surface area contributed by atoms with E-state index in [4.69, 9.17) is 16.3 Å². The molecule has 0 spiro atoms. The highest BCUT2D eigenvalue weighted by molar-refractivity contribution is 6.31. The molecule has 5 nitrogen and oxygen atoms in total. The first-order valence-corrected chi connectivity index (χ1v) is 12.7. The van der Waals surface area contributed by atoms with Gasteiger partial charge in [-0.15, -0.1) is 0 Å². The molecule has 1 aliphatic carbocycles. The van der Waals surface area contributed by atoms with E-state index in [9.17, 15) is 22.4 Å². The van der Waals surface area contributed by atoms with Crippen LogP contribution in [-0.2, 0) is 17.4 Å². The Labute approximate surface area is 216 Å². The molecule has 0 radical (unpaired) electrons. The van der Waals surface area contributed by atoms with Crippen LogP contribution in [0.25, 0.3) is 10.9 Å². The number of aryl methyl sites for hydroxylation is 1. The van der Waals surface area contributed by atoms with Crippen molar-refractivity contribution in [2.45, 2.75) is 56.8 Å². The van der Waals surface area contributed by atoms with E-state index in [0.29, 0.717) is 41.2 Å². The third-order valence-corrected chi connectivity index (χ3v) is 7.33. The van der Waals surface area contributed by atoms with E-state index >= 15 is 0 Å². The second-order valence-electron chi connectivity index (χ2n) is 9.72. The third kappa shape index (κ3) is 5.92. The molecule has 1 unspecified atom stereocenters. The number of aromatic nitrogens is 1. The molecule has 3 aromatic rings. The second kappa shape index (κ2) is 10.4. The van der Waals surface area contributed by atoms with Crippen molar-refractivity contribution in [3.63, 3.8) is 0 Å². The summed E-state index contributed by atoms with van der Waals surface area (Å²) < 4.78 is 59.3. The number of halogens is 5. The Morgan fingerprint density at radius 3 is 2.59 bits per heavy atom. The Hall–Kier alpha value is -3.07. The molecule has 196 valence electrons. The number of nitrogens with one attached hydrogen (secondary N) is 2. The first-order valence-electron chi connectivity index (χ1n) is 12.3. The number of alkyl halides is 3. The van der Waals surface area contributed by atoms with Crippen molar-refractivity contribution in [1.82, 2.24) is 10.3 Å². The zero-order valence-electron chi connectivity index (χ0n) is 19.9. The molecule has 0 bridgehead atoms. The minimum Gasteiger partial charge on any atom is -0.480 e. The van der Waals surface area contributed by atoms with Crippen molar-refractivity contribution >= 4 is 34.1 Å². The number of nitrogens with zero attached hydrogens (tertiary/aromatic N) is 1. The Kier molecular flexibility index (Phi) is 7.16. The molecule has 1 aromatic heterocycles. The fourth-order valence-electron chi connectivity index (χ4n) is 5.09. The first kappa shape index (κ1) is 25.6. The summed E-state index contributed by atoms with van der Waals surface area (Å²) in [6, 6.07) is 9.97. The molecule has 2 N–H and O–H groups in total. The minimum absolute atomic E-state index is 0.0133. The smallest absolute Gasteiger partial charge is 0.433 e. The number of benzene rings is 2. The number of amides is 1. The van der Waals surface area contributed by atoms with E-state index in [1.165, 1.54) is 24.3 Å². The standard InChI is InChI=1S/C27H26ClF4N3O2/c28-17-4-8-21-20(12-17)22(13-25(35-21)27(30,31)32)33-14-15-1-6-19(7-2-15)34-26(36)24-9-3-16-11-18(29)5-10-23(16)37-24/h4-5,8,10-13,15,19,24H,1-3,6-7,9,14H2,(H,33,35)(H,34,36). The van der Waals surface area contributed by atoms with Gasteiger partial charge < -0.3 is 15.4 Å². The molecule has 2 aromatic carbocycles. The van der Waals surface area contributed by atoms with E-state index in [0.717, 1.165) is 37.3 Å². The molecule has 2 heterocycles. The highest BCUT2D eigenvalue weighted by Crippen LogP contribution is 2.35. The van der Waals surface area contributed by atoms with Crippen LogP contribution in [0.1, 0.15) is 43.4 Å². The zero-order chi connectivity index (χ0) is 26.2. The van der Waals surface area contributed by atoms with Gasteiger partial charge in [0.1, 0.15) is 17.3 Å². The summed E-state index contributed by atoms with van der Waals surface area (Å²) in [5.41, 5.74) is 0.397. The zero-order valence-corrected chi connectivity index (χ0v) is 20.6. The van der Waals surface area contributed by atoms with E-state index in [1.807, 2.05) is 0 Å². The first-order chi connectivity index (χ1) is 17.7. The summed E-state index contributed by atoms with van der Waals surface area (Å²) in [4.78, 5) is 16.5. The molecule has 1 amide bonds. The summed E-state index contributed by atoms with van der Waals surface area (Å²) in [6.07, 6.45) is -0.914. The highest BCUT2D eigenvalue weighted by atomic mass is 35.5. The van der Waals surface area contributed by atoms with Crippen LogP contribution in [0, 0.1) is 11.7 Å². The summed E-state index contributed by atoms with van der Waals surface area (Å²) in [5.74, 6) is 0.299. The molecule has 1 saturated carbocycles. The maximum atomic E-state index is 13.4. The molecule has 0 saturated heterocycles. The molecule has 37 heavy (non-hydrogen) atoms. The van der Waals surface area contributed by atoms with Gasteiger partial charge in [-0.3, -0.25) is 4.79 Å². The maximum absolute atomic E-state index is 13.4. The minimum atomic E-state index is -4.55. The van der Waals surface area contributed by atoms with E-state index < -0.39 is 18.0 Å². The summed E-state index contributed by atoms with van der Waals surface area (Å²) in [5, 5.41) is 7.22. The Morgan fingerprint density at radius 1 is 1.05 bits per heavy atom. The Balaban J connectivity index is 1.15. The Bertz CT molecular complexity index is 1310. The fraction of sp³-hybridized carbons (Fsp3) is 0.407. The molecule has 5 rings (SSSR count). The number of ether oxygens (including phenoxy) is 1. The summed E-state index contributed by atoms with van der Waals surface area (Å²) >= 11 is 6.08. The second-order valence-corrected chi connectivity index (χ2v) is 10.2. The molecule has 2 aliphatic rings. The van der Waals surface area contributed by atoms with Gasteiger partial charge in [0.05, 0.1) is 5.52 Å². The number of hydrogen-bond donors (Lipinski definition) is 2. The van der Waals surface area contributed by atoms with Crippen LogP contribution in [0.5, 0.6) is 5.75 Å². The van der Waals surface area contributed by atoms with Crippen LogP contribution in [0.3, 0.4) is 0 Å². The van der Waals surface area contributed by atoms with Gasteiger partial charge >= 0.3 is 6.18 Å². The predicted molar refractivity (Wildman–Crippen MR) is 133 cm³/mol. The van der Waals surface area contributed by atoms with Crippen molar-refractivity contribution in [2.75, 3.05) is 11.9 Å². The molecular formula is C27H26ClF4N3O2. The van der Waals surface area contributed by atoms with E-state index in [1.54, 1.807) is 12.1 Å². The quantitative estimate of drug-likeness (QED) is 0.365. The number of fused-ring (bicyclic) bond motifs is 2. The van der Waals surface area contributed by atoms with Crippen molar-refractivity contribution in [2.24, 2.45) is 5.92 Å². The number of hydrogen-bond acceptors (Lipinski definition) is 4. The van der Waals surface area contributed by atoms with Gasteiger partial charge in [-0.05, 0) is 92.5 Å². The van der Waals surface area contributed by atoms with E-state index in [-0.39, 0.29) is 29.2 Å². The van der Waals surface area contributed by atoms with Crippen molar-refractivity contribution in [1.29, 1.82) is 0 Å². The number of carbonyl (C=O) groups excluding carboxylic acids is 1. The van der Waals surface area contributed by atoms with Crippen molar-refractivity contribution in [3.05, 3.63) is 64.6 Å². The van der Waals surface area contributed by atoms with Gasteiger partial charge in [0, 0.05) is 28.7 Å². The lowest BCUT2D eigenvalue weighted by Gasteiger charge is -2.32. The number of rotatable bonds is 5. The van der Waals surface area contributed by atoms with Crippen LogP contribution in [0.4, 0.5) is 23.2 Å². The molecule has 10 heteroatoms. The average Bonchev–Trinajstić information content (AvgIpc) is 2.87. The SMILES string of the molecule is O=C(NC1CCC(CNc2cc(C(F)(F)F)nc3ccc(Cl)cc23)CC1)C1CCc2cc(F)ccc2O1. The van der Waals surface area contributed by atoms with Crippen LogP contribution >= 0.6 is 11.6 Å². The predicted octanol–water partition coefficient (Wildman–Crippen LogP) is 6.53. The number of pyridine rings is 1. The van der Waals surface area contributed by atoms with Crippen LogP contribution in [0.15, 0.2) is 42.5 Å².